The van der Waals surface area contributed by atoms with Crippen molar-refractivity contribution in [3.05, 3.63) is 29.6 Å². The van der Waals surface area contributed by atoms with Gasteiger partial charge in [-0.15, -0.1) is 0 Å². The molecule has 3 N–H and O–H groups in total. The van der Waals surface area contributed by atoms with E-state index in [1.54, 1.807) is 6.07 Å². The Morgan fingerprint density at radius 3 is 3.21 bits per heavy atom. The highest BCUT2D eigenvalue weighted by Crippen LogP contribution is 2.13. The number of pyridine rings is 1. The summed E-state index contributed by atoms with van der Waals surface area (Å²) in [5.41, 5.74) is 3.32. The lowest BCUT2D eigenvalue weighted by Gasteiger charge is -2.34. The average Bonchev–Trinajstić information content (AvgIpc) is 2.47. The number of hydrogen-bond donors (Lipinski definition) is 2. The molecule has 0 bridgehead atoms. The molecule has 0 aromatic carbocycles. The van der Waals surface area contributed by atoms with Crippen LogP contribution in [0.5, 0.6) is 0 Å². The number of ether oxygens (including phenoxy) is 1. The SMILES string of the molecule is CCC1COCCN1Cc1cccc(C(=O)NN)n1. The molecule has 6 nitrogen and oxygen atoms in total. The first-order valence-corrected chi connectivity index (χ1v) is 6.53. The van der Waals surface area contributed by atoms with E-state index in [-0.39, 0.29) is 5.91 Å². The number of carbonyl (C=O) groups is 1. The molecule has 1 unspecified atom stereocenters. The van der Waals surface area contributed by atoms with Gasteiger partial charge in [-0.25, -0.2) is 10.8 Å². The van der Waals surface area contributed by atoms with Crippen LogP contribution in [-0.2, 0) is 11.3 Å². The second-order valence-electron chi connectivity index (χ2n) is 4.60. The van der Waals surface area contributed by atoms with Gasteiger partial charge < -0.3 is 4.74 Å². The van der Waals surface area contributed by atoms with E-state index >= 15 is 0 Å². The maximum Gasteiger partial charge on any atom is 0.283 e. The molecule has 0 spiro atoms. The van der Waals surface area contributed by atoms with E-state index < -0.39 is 0 Å². The van der Waals surface area contributed by atoms with Gasteiger partial charge in [-0.2, -0.15) is 0 Å². The van der Waals surface area contributed by atoms with E-state index in [9.17, 15) is 4.79 Å². The number of morpholine rings is 1. The van der Waals surface area contributed by atoms with Crippen LogP contribution >= 0.6 is 0 Å². The quantitative estimate of drug-likeness (QED) is 0.464. The summed E-state index contributed by atoms with van der Waals surface area (Å²) in [5, 5.41) is 0. The maximum absolute atomic E-state index is 11.4. The van der Waals surface area contributed by atoms with Crippen molar-refractivity contribution >= 4 is 5.91 Å². The molecular weight excluding hydrogens is 244 g/mol. The Balaban J connectivity index is 2.07. The lowest BCUT2D eigenvalue weighted by molar-refractivity contribution is -0.0132. The van der Waals surface area contributed by atoms with Gasteiger partial charge in [0.2, 0.25) is 0 Å². The van der Waals surface area contributed by atoms with Gasteiger partial charge in [-0.05, 0) is 18.6 Å². The summed E-state index contributed by atoms with van der Waals surface area (Å²) in [6.45, 7) is 5.29. The molecule has 104 valence electrons. The predicted octanol–water partition coefficient (Wildman–Crippen LogP) is 0.296. The number of nitrogens with zero attached hydrogens (tertiary/aromatic N) is 2. The Morgan fingerprint density at radius 1 is 1.63 bits per heavy atom. The number of hydrogen-bond acceptors (Lipinski definition) is 5. The summed E-state index contributed by atoms with van der Waals surface area (Å²) in [6.07, 6.45) is 1.04. The molecule has 1 fully saturated rings. The molecule has 0 saturated carbocycles. The topological polar surface area (TPSA) is 80.5 Å². The van der Waals surface area contributed by atoms with Crippen molar-refractivity contribution in [1.82, 2.24) is 15.3 Å². The van der Waals surface area contributed by atoms with E-state index in [1.165, 1.54) is 0 Å². The monoisotopic (exact) mass is 264 g/mol. The zero-order valence-corrected chi connectivity index (χ0v) is 11.1. The van der Waals surface area contributed by atoms with Crippen molar-refractivity contribution in [1.29, 1.82) is 0 Å². The Morgan fingerprint density at radius 2 is 2.47 bits per heavy atom. The number of aromatic nitrogens is 1. The van der Waals surface area contributed by atoms with Crippen LogP contribution in [0.15, 0.2) is 18.2 Å². The lowest BCUT2D eigenvalue weighted by Crippen LogP contribution is -2.44. The minimum Gasteiger partial charge on any atom is -0.378 e. The first-order chi connectivity index (χ1) is 9.24. The fraction of sp³-hybridized carbons (Fsp3) is 0.538. The summed E-state index contributed by atoms with van der Waals surface area (Å²) in [4.78, 5) is 18.1. The van der Waals surface area contributed by atoms with Crippen molar-refractivity contribution in [2.24, 2.45) is 5.84 Å². The number of carbonyl (C=O) groups excluding carboxylic acids is 1. The van der Waals surface area contributed by atoms with Crippen LogP contribution < -0.4 is 11.3 Å². The molecule has 2 heterocycles. The lowest BCUT2D eigenvalue weighted by atomic mass is 10.1. The van der Waals surface area contributed by atoms with E-state index in [2.05, 4.69) is 22.2 Å². The summed E-state index contributed by atoms with van der Waals surface area (Å²) >= 11 is 0. The second-order valence-corrected chi connectivity index (χ2v) is 4.60. The van der Waals surface area contributed by atoms with Gasteiger partial charge in [0, 0.05) is 19.1 Å². The molecular formula is C13H20N4O2. The zero-order chi connectivity index (χ0) is 13.7. The molecule has 1 aromatic heterocycles. The molecule has 2 rings (SSSR count). The summed E-state index contributed by atoms with van der Waals surface area (Å²) in [6, 6.07) is 5.83. The molecule has 1 aliphatic rings. The highest BCUT2D eigenvalue weighted by atomic mass is 16.5. The standard InChI is InChI=1S/C13H20N4O2/c1-2-11-9-19-7-6-17(11)8-10-4-3-5-12(15-10)13(18)16-14/h3-5,11H,2,6-9,14H2,1H3,(H,16,18). The normalized spacial score (nSPS) is 20.2. The van der Waals surface area contributed by atoms with Crippen LogP contribution in [-0.4, -0.2) is 41.6 Å². The van der Waals surface area contributed by atoms with E-state index in [0.29, 0.717) is 11.7 Å². The molecule has 19 heavy (non-hydrogen) atoms. The van der Waals surface area contributed by atoms with Crippen molar-refractivity contribution in [3.8, 4) is 0 Å². The molecule has 1 saturated heterocycles. The van der Waals surface area contributed by atoms with Crippen LogP contribution in [0, 0.1) is 0 Å². The number of nitrogens with one attached hydrogen (secondary N) is 1. The fourth-order valence-electron chi connectivity index (χ4n) is 2.25. The van der Waals surface area contributed by atoms with Gasteiger partial charge in [0.25, 0.3) is 5.91 Å². The molecule has 1 atom stereocenters. The first kappa shape index (κ1) is 13.9. The molecule has 6 heteroatoms. The predicted molar refractivity (Wildman–Crippen MR) is 71.2 cm³/mol. The van der Waals surface area contributed by atoms with Crippen molar-refractivity contribution in [2.45, 2.75) is 25.9 Å². The summed E-state index contributed by atoms with van der Waals surface area (Å²) < 4.78 is 5.48. The van der Waals surface area contributed by atoms with Gasteiger partial charge in [0.15, 0.2) is 0 Å². The van der Waals surface area contributed by atoms with Crippen LogP contribution in [0.2, 0.25) is 0 Å². The largest absolute Gasteiger partial charge is 0.378 e. The van der Waals surface area contributed by atoms with Gasteiger partial charge in [-0.1, -0.05) is 13.0 Å². The van der Waals surface area contributed by atoms with Gasteiger partial charge >= 0.3 is 0 Å². The van der Waals surface area contributed by atoms with Crippen molar-refractivity contribution in [2.75, 3.05) is 19.8 Å². The van der Waals surface area contributed by atoms with E-state index in [4.69, 9.17) is 10.6 Å². The van der Waals surface area contributed by atoms with Gasteiger partial charge in [-0.3, -0.25) is 15.1 Å². The number of nitrogen functional groups attached to an aromatic ring is 1. The molecule has 1 aliphatic heterocycles. The smallest absolute Gasteiger partial charge is 0.283 e. The van der Waals surface area contributed by atoms with Crippen LogP contribution in [0.25, 0.3) is 0 Å². The van der Waals surface area contributed by atoms with E-state index in [1.807, 2.05) is 12.1 Å². The minimum atomic E-state index is -0.365. The minimum absolute atomic E-state index is 0.348. The highest BCUT2D eigenvalue weighted by molar-refractivity contribution is 5.91. The Kier molecular flexibility index (Phi) is 4.84. The van der Waals surface area contributed by atoms with Crippen molar-refractivity contribution < 1.29 is 9.53 Å². The highest BCUT2D eigenvalue weighted by Gasteiger charge is 2.21. The van der Waals surface area contributed by atoms with Gasteiger partial charge in [0.05, 0.1) is 18.9 Å². The van der Waals surface area contributed by atoms with Crippen LogP contribution in [0.4, 0.5) is 0 Å². The van der Waals surface area contributed by atoms with Crippen LogP contribution in [0.3, 0.4) is 0 Å². The number of amides is 1. The van der Waals surface area contributed by atoms with E-state index in [0.717, 1.165) is 38.4 Å². The van der Waals surface area contributed by atoms with Crippen molar-refractivity contribution in [3.63, 3.8) is 0 Å². The fourth-order valence-corrected chi connectivity index (χ4v) is 2.25. The summed E-state index contributed by atoms with van der Waals surface area (Å²) in [7, 11) is 0. The second kappa shape index (κ2) is 6.60. The molecule has 0 aliphatic carbocycles. The number of hydrazine groups is 1. The molecule has 0 radical (unpaired) electrons. The first-order valence-electron chi connectivity index (χ1n) is 6.53. The number of rotatable bonds is 4. The summed E-state index contributed by atoms with van der Waals surface area (Å²) in [5.74, 6) is 4.75. The maximum atomic E-state index is 11.4. The van der Waals surface area contributed by atoms with Crippen LogP contribution in [0.1, 0.15) is 29.5 Å². The molecule has 1 aromatic rings. The molecule has 1 amide bonds. The average molecular weight is 264 g/mol. The Hall–Kier alpha value is -1.50. The third kappa shape index (κ3) is 3.50. The number of nitrogens with two attached hydrogens (primary N) is 1. The van der Waals surface area contributed by atoms with Gasteiger partial charge in [0.1, 0.15) is 5.69 Å². The third-order valence-electron chi connectivity index (χ3n) is 3.36. The zero-order valence-electron chi connectivity index (χ0n) is 11.1. The Bertz CT molecular complexity index is 438. The third-order valence-corrected chi connectivity index (χ3v) is 3.36. The Labute approximate surface area is 112 Å².